The maximum absolute atomic E-state index is 14.0. The average molecular weight is 665 g/mol. The molecule has 1 N–H and O–H groups in total. The number of benzene rings is 3. The summed E-state index contributed by atoms with van der Waals surface area (Å²) in [4.78, 5) is 28.4. The zero-order valence-corrected chi connectivity index (χ0v) is 26.9. The van der Waals surface area contributed by atoms with Crippen molar-refractivity contribution >= 4 is 55.1 Å². The van der Waals surface area contributed by atoms with Gasteiger partial charge in [0, 0.05) is 18.1 Å². The third-order valence-electron chi connectivity index (χ3n) is 6.46. The maximum atomic E-state index is 14.0. The van der Waals surface area contributed by atoms with Gasteiger partial charge in [-0.25, -0.2) is 8.42 Å². The molecular weight excluding hydrogens is 630 g/mol. The van der Waals surface area contributed by atoms with E-state index in [2.05, 4.69) is 21.2 Å². The van der Waals surface area contributed by atoms with Gasteiger partial charge in [-0.15, -0.1) is 0 Å². The van der Waals surface area contributed by atoms with Crippen molar-refractivity contribution in [1.29, 1.82) is 0 Å². The number of anilines is 1. The van der Waals surface area contributed by atoms with Crippen LogP contribution < -0.4 is 14.4 Å². The number of ether oxygens (including phenoxy) is 1. The summed E-state index contributed by atoms with van der Waals surface area (Å²) in [5.74, 6) is -0.226. The van der Waals surface area contributed by atoms with Gasteiger partial charge in [0.2, 0.25) is 11.8 Å². The topological polar surface area (TPSA) is 96.0 Å². The minimum Gasteiger partial charge on any atom is -0.496 e. The highest BCUT2D eigenvalue weighted by Crippen LogP contribution is 2.31. The van der Waals surface area contributed by atoms with Gasteiger partial charge in [-0.2, -0.15) is 0 Å². The van der Waals surface area contributed by atoms with Crippen molar-refractivity contribution in [2.24, 2.45) is 5.92 Å². The van der Waals surface area contributed by atoms with Gasteiger partial charge in [-0.1, -0.05) is 61.3 Å². The number of halogens is 2. The molecule has 0 radical (unpaired) electrons. The van der Waals surface area contributed by atoms with E-state index in [1.165, 1.54) is 30.2 Å². The number of methoxy groups -OCH3 is 1. The second-order valence-electron chi connectivity index (χ2n) is 10.1. The van der Waals surface area contributed by atoms with E-state index in [-0.39, 0.29) is 23.3 Å². The van der Waals surface area contributed by atoms with E-state index in [0.717, 1.165) is 9.87 Å². The summed E-state index contributed by atoms with van der Waals surface area (Å²) in [7, 11) is -2.73. The molecule has 0 heterocycles. The van der Waals surface area contributed by atoms with E-state index in [4.69, 9.17) is 16.3 Å². The van der Waals surface area contributed by atoms with Crippen LogP contribution in [-0.2, 0) is 26.2 Å². The van der Waals surface area contributed by atoms with Gasteiger partial charge in [0.1, 0.15) is 18.3 Å². The van der Waals surface area contributed by atoms with E-state index in [9.17, 15) is 18.0 Å². The van der Waals surface area contributed by atoms with Crippen LogP contribution in [0.3, 0.4) is 0 Å². The van der Waals surface area contributed by atoms with Crippen molar-refractivity contribution in [2.75, 3.05) is 24.5 Å². The highest BCUT2D eigenvalue weighted by molar-refractivity contribution is 9.10. The summed E-state index contributed by atoms with van der Waals surface area (Å²) >= 11 is 9.76. The van der Waals surface area contributed by atoms with Crippen molar-refractivity contribution in [1.82, 2.24) is 10.2 Å². The van der Waals surface area contributed by atoms with Crippen LogP contribution in [-0.4, -0.2) is 51.4 Å². The van der Waals surface area contributed by atoms with Gasteiger partial charge in [0.25, 0.3) is 10.0 Å². The van der Waals surface area contributed by atoms with Crippen LogP contribution in [0.5, 0.6) is 5.75 Å². The van der Waals surface area contributed by atoms with Crippen molar-refractivity contribution in [3.8, 4) is 5.75 Å². The summed E-state index contributed by atoms with van der Waals surface area (Å²) < 4.78 is 34.8. The van der Waals surface area contributed by atoms with Crippen LogP contribution >= 0.6 is 27.5 Å². The first-order valence-corrected chi connectivity index (χ1v) is 15.7. The number of carbonyl (C=O) groups excluding carboxylic acids is 2. The third-order valence-corrected chi connectivity index (χ3v) is 9.22. The molecule has 0 aliphatic carbocycles. The highest BCUT2D eigenvalue weighted by atomic mass is 79.9. The lowest BCUT2D eigenvalue weighted by atomic mass is 10.1. The van der Waals surface area contributed by atoms with Crippen molar-refractivity contribution in [3.05, 3.63) is 87.4 Å². The lowest BCUT2D eigenvalue weighted by Crippen LogP contribution is -2.51. The molecule has 41 heavy (non-hydrogen) atoms. The lowest BCUT2D eigenvalue weighted by molar-refractivity contribution is -0.139. The molecule has 3 rings (SSSR count). The smallest absolute Gasteiger partial charge is 0.264 e. The summed E-state index contributed by atoms with van der Waals surface area (Å²) in [6, 6.07) is 17.4. The lowest BCUT2D eigenvalue weighted by Gasteiger charge is -2.32. The van der Waals surface area contributed by atoms with Gasteiger partial charge in [-0.05, 0) is 77.7 Å². The summed E-state index contributed by atoms with van der Waals surface area (Å²) in [5.41, 5.74) is 1.88. The SMILES string of the molecule is COc1ccc(S(=O)(=O)N(CC(=O)N(Cc2ccccc2Cl)C(C)C(=O)NCC(C)C)c2ccc(C)cc2)cc1Br. The van der Waals surface area contributed by atoms with E-state index >= 15 is 0 Å². The van der Waals surface area contributed by atoms with Gasteiger partial charge < -0.3 is 15.0 Å². The molecular formula is C30H35BrClN3O5S. The number of rotatable bonds is 12. The number of aryl methyl sites for hydroxylation is 1. The largest absolute Gasteiger partial charge is 0.496 e. The maximum Gasteiger partial charge on any atom is 0.264 e. The van der Waals surface area contributed by atoms with E-state index in [1.807, 2.05) is 20.8 Å². The molecule has 0 bridgehead atoms. The Balaban J connectivity index is 2.04. The first-order chi connectivity index (χ1) is 19.3. The Hall–Kier alpha value is -3.08. The average Bonchev–Trinajstić information content (AvgIpc) is 2.94. The quantitative estimate of drug-likeness (QED) is 0.264. The molecule has 8 nitrogen and oxygen atoms in total. The molecule has 0 aliphatic rings. The van der Waals surface area contributed by atoms with Gasteiger partial charge in [-0.3, -0.25) is 13.9 Å². The summed E-state index contributed by atoms with van der Waals surface area (Å²) in [5, 5.41) is 3.30. The fourth-order valence-electron chi connectivity index (χ4n) is 4.02. The van der Waals surface area contributed by atoms with Crippen LogP contribution in [0.2, 0.25) is 5.02 Å². The Morgan fingerprint density at radius 1 is 1.02 bits per heavy atom. The van der Waals surface area contributed by atoms with E-state index < -0.39 is 28.5 Å². The van der Waals surface area contributed by atoms with Crippen LogP contribution in [0.4, 0.5) is 5.69 Å². The highest BCUT2D eigenvalue weighted by Gasteiger charge is 2.33. The number of nitrogens with zero attached hydrogens (tertiary/aromatic N) is 2. The van der Waals surface area contributed by atoms with E-state index in [0.29, 0.717) is 33.0 Å². The standard InChI is InChI=1S/C30H35BrClN3O5S/c1-20(2)17-33-30(37)22(4)34(18-23-8-6-7-9-27(23)32)29(36)19-35(24-12-10-21(3)11-13-24)41(38,39)25-14-15-28(40-5)26(31)16-25/h6-16,20,22H,17-19H2,1-5H3,(H,33,37). The normalized spacial score (nSPS) is 12.1. The first-order valence-electron chi connectivity index (χ1n) is 13.1. The van der Waals surface area contributed by atoms with Crippen molar-refractivity contribution in [3.63, 3.8) is 0 Å². The minimum atomic E-state index is -4.22. The Morgan fingerprint density at radius 2 is 1.68 bits per heavy atom. The van der Waals surface area contributed by atoms with Gasteiger partial charge in [0.05, 0.1) is 22.2 Å². The molecule has 220 valence electrons. The Morgan fingerprint density at radius 3 is 2.27 bits per heavy atom. The molecule has 1 unspecified atom stereocenters. The number of carbonyl (C=O) groups is 2. The molecule has 0 fully saturated rings. The molecule has 1 atom stereocenters. The molecule has 0 aromatic heterocycles. The predicted molar refractivity (Wildman–Crippen MR) is 166 cm³/mol. The predicted octanol–water partition coefficient (Wildman–Crippen LogP) is 5.80. The fraction of sp³-hybridized carbons (Fsp3) is 0.333. The minimum absolute atomic E-state index is 0.0185. The second kappa shape index (κ2) is 14.2. The molecule has 3 aromatic carbocycles. The first kappa shape index (κ1) is 32.4. The zero-order valence-electron chi connectivity index (χ0n) is 23.7. The molecule has 11 heteroatoms. The number of amides is 2. The zero-order chi connectivity index (χ0) is 30.3. The third kappa shape index (κ3) is 8.24. The Kier molecular flexibility index (Phi) is 11.2. The van der Waals surface area contributed by atoms with Crippen LogP contribution in [0.25, 0.3) is 0 Å². The number of nitrogens with one attached hydrogen (secondary N) is 1. The molecule has 0 saturated carbocycles. The Labute approximate surface area is 255 Å². The number of hydrogen-bond acceptors (Lipinski definition) is 5. The summed E-state index contributed by atoms with van der Waals surface area (Å²) in [6.07, 6.45) is 0. The van der Waals surface area contributed by atoms with Crippen molar-refractivity contribution < 1.29 is 22.7 Å². The van der Waals surface area contributed by atoms with Gasteiger partial charge in [0.15, 0.2) is 0 Å². The monoisotopic (exact) mass is 663 g/mol. The van der Waals surface area contributed by atoms with Crippen LogP contribution in [0.15, 0.2) is 76.1 Å². The molecule has 0 aliphatic heterocycles. The second-order valence-corrected chi connectivity index (χ2v) is 13.2. The molecule has 0 saturated heterocycles. The van der Waals surface area contributed by atoms with Gasteiger partial charge >= 0.3 is 0 Å². The Bertz CT molecular complexity index is 1480. The molecule has 2 amide bonds. The van der Waals surface area contributed by atoms with E-state index in [1.54, 1.807) is 55.5 Å². The van der Waals surface area contributed by atoms with Crippen LogP contribution in [0.1, 0.15) is 31.9 Å². The fourth-order valence-corrected chi connectivity index (χ4v) is 6.35. The van der Waals surface area contributed by atoms with Crippen LogP contribution in [0, 0.1) is 12.8 Å². The summed E-state index contributed by atoms with van der Waals surface area (Å²) in [6.45, 7) is 7.37. The molecule has 3 aromatic rings. The number of hydrogen-bond donors (Lipinski definition) is 1. The molecule has 0 spiro atoms. The number of sulfonamides is 1. The van der Waals surface area contributed by atoms with Crippen molar-refractivity contribution in [2.45, 2.75) is 45.2 Å².